The van der Waals surface area contributed by atoms with E-state index in [1.54, 1.807) is 0 Å². The topological polar surface area (TPSA) is 51.1 Å². The molecule has 2 fully saturated rings. The number of fused-ring (bicyclic) bond motifs is 3. The molecular weight excluding hydrogens is 572 g/mol. The Kier molecular flexibility index (Phi) is 8.90. The zero-order valence-corrected chi connectivity index (χ0v) is 29.4. The number of hydrogen-bond acceptors (Lipinski definition) is 5. The first kappa shape index (κ1) is 33.1. The van der Waals surface area contributed by atoms with E-state index in [1.165, 1.54) is 32.1 Å². The molecule has 0 amide bonds. The number of ether oxygens (including phenoxy) is 1. The van der Waals surface area contributed by atoms with Crippen LogP contribution < -0.4 is 15.7 Å². The smallest absolute Gasteiger partial charge is 0.494 e. The minimum absolute atomic E-state index is 0.413. The van der Waals surface area contributed by atoms with E-state index >= 15 is 0 Å². The van der Waals surface area contributed by atoms with Gasteiger partial charge in [-0.3, -0.25) is 0 Å². The Morgan fingerprint density at radius 2 is 1.00 bits per heavy atom. The molecule has 2 saturated heterocycles. The van der Waals surface area contributed by atoms with Crippen LogP contribution in [0.25, 0.3) is 27.5 Å². The predicted molar refractivity (Wildman–Crippen MR) is 191 cm³/mol. The quantitative estimate of drug-likeness (QED) is 0.125. The van der Waals surface area contributed by atoms with Crippen molar-refractivity contribution in [2.45, 2.75) is 123 Å². The maximum atomic E-state index is 6.45. The lowest BCUT2D eigenvalue weighted by molar-refractivity contribution is 0.00578. The van der Waals surface area contributed by atoms with Crippen molar-refractivity contribution in [2.75, 3.05) is 6.61 Å². The molecule has 46 heavy (non-hydrogen) atoms. The Hall–Kier alpha value is -2.77. The minimum Gasteiger partial charge on any atom is -0.494 e. The summed E-state index contributed by atoms with van der Waals surface area (Å²) >= 11 is 0. The molecule has 0 bridgehead atoms. The number of benzene rings is 3. The first-order valence-corrected chi connectivity index (χ1v) is 17.3. The van der Waals surface area contributed by atoms with E-state index in [2.05, 4.69) is 128 Å². The fraction of sp³-hybridized carbons (Fsp3) is 0.526. The van der Waals surface area contributed by atoms with Crippen LogP contribution in [0.3, 0.4) is 0 Å². The molecule has 6 nitrogen and oxygen atoms in total. The Morgan fingerprint density at radius 3 is 1.46 bits per heavy atom. The van der Waals surface area contributed by atoms with E-state index in [1.807, 2.05) is 0 Å². The van der Waals surface area contributed by atoms with Crippen LogP contribution >= 0.6 is 0 Å². The van der Waals surface area contributed by atoms with E-state index in [-0.39, 0.29) is 0 Å². The number of nitrogens with zero attached hydrogens (tertiary/aromatic N) is 1. The summed E-state index contributed by atoms with van der Waals surface area (Å²) < 4.78 is 34.2. The van der Waals surface area contributed by atoms with Crippen molar-refractivity contribution in [3.05, 3.63) is 60.7 Å². The van der Waals surface area contributed by atoms with Crippen molar-refractivity contribution in [1.82, 2.24) is 4.57 Å². The normalized spacial score (nSPS) is 19.8. The SMILES string of the molecule is CCCCCCCCOc1ccc(-n2c3ccc(B4OC(C)(C)C(C)(C)O4)cc3c3cc(B4OC(C)(C)C(C)(C)O4)ccc32)cc1. The third-order valence-corrected chi connectivity index (χ3v) is 10.7. The molecule has 0 saturated carbocycles. The highest BCUT2D eigenvalue weighted by atomic mass is 16.7. The molecule has 0 aliphatic carbocycles. The van der Waals surface area contributed by atoms with E-state index in [0.29, 0.717) is 0 Å². The van der Waals surface area contributed by atoms with Gasteiger partial charge in [-0.25, -0.2) is 0 Å². The summed E-state index contributed by atoms with van der Waals surface area (Å²) in [7, 11) is -0.885. The van der Waals surface area contributed by atoms with Crippen LogP contribution in [0.1, 0.15) is 101 Å². The summed E-state index contributed by atoms with van der Waals surface area (Å²) in [6.07, 6.45) is 7.52. The molecule has 0 spiro atoms. The predicted octanol–water partition coefficient (Wildman–Crippen LogP) is 8.12. The summed E-state index contributed by atoms with van der Waals surface area (Å²) in [5.74, 6) is 0.907. The van der Waals surface area contributed by atoms with Gasteiger partial charge in [-0.15, -0.1) is 0 Å². The average molecular weight is 623 g/mol. The number of hydrogen-bond donors (Lipinski definition) is 0. The summed E-state index contributed by atoms with van der Waals surface area (Å²) in [5, 5.41) is 2.26. The highest BCUT2D eigenvalue weighted by Gasteiger charge is 2.53. The first-order valence-electron chi connectivity index (χ1n) is 17.3. The number of aromatic nitrogens is 1. The molecule has 2 aliphatic heterocycles. The van der Waals surface area contributed by atoms with Gasteiger partial charge in [0.1, 0.15) is 5.75 Å². The zero-order valence-electron chi connectivity index (χ0n) is 29.4. The van der Waals surface area contributed by atoms with Gasteiger partial charge in [0.15, 0.2) is 0 Å². The Bertz CT molecular complexity index is 1570. The first-order chi connectivity index (χ1) is 21.7. The maximum Gasteiger partial charge on any atom is 0.494 e. The molecule has 6 rings (SSSR count). The van der Waals surface area contributed by atoms with Crippen LogP contribution in [0, 0.1) is 0 Å². The van der Waals surface area contributed by atoms with Gasteiger partial charge >= 0.3 is 14.2 Å². The van der Waals surface area contributed by atoms with Crippen LogP contribution in [-0.2, 0) is 18.6 Å². The summed E-state index contributed by atoms with van der Waals surface area (Å²) in [6, 6.07) is 21.6. The summed E-state index contributed by atoms with van der Waals surface area (Å²) in [5.41, 5.74) is 3.66. The van der Waals surface area contributed by atoms with Gasteiger partial charge < -0.3 is 27.9 Å². The largest absolute Gasteiger partial charge is 0.494 e. The third kappa shape index (κ3) is 6.14. The molecule has 3 heterocycles. The van der Waals surface area contributed by atoms with Gasteiger partial charge in [0.05, 0.1) is 40.0 Å². The molecule has 0 N–H and O–H groups in total. The average Bonchev–Trinajstić information content (AvgIpc) is 3.53. The van der Waals surface area contributed by atoms with Gasteiger partial charge in [-0.05, 0) is 109 Å². The highest BCUT2D eigenvalue weighted by molar-refractivity contribution is 6.63. The number of rotatable bonds is 11. The van der Waals surface area contributed by atoms with E-state index in [4.69, 9.17) is 23.4 Å². The van der Waals surface area contributed by atoms with Crippen LogP contribution in [0.4, 0.5) is 0 Å². The van der Waals surface area contributed by atoms with E-state index in [9.17, 15) is 0 Å². The second kappa shape index (κ2) is 12.4. The van der Waals surface area contributed by atoms with Crippen molar-refractivity contribution in [3.63, 3.8) is 0 Å². The van der Waals surface area contributed by atoms with Gasteiger partial charge in [-0.2, -0.15) is 0 Å². The molecule has 1 aromatic heterocycles. The van der Waals surface area contributed by atoms with Gasteiger partial charge in [-0.1, -0.05) is 63.3 Å². The molecular formula is C38H51B2NO5. The Labute approximate surface area is 276 Å². The van der Waals surface area contributed by atoms with Gasteiger partial charge in [0.2, 0.25) is 0 Å². The van der Waals surface area contributed by atoms with Crippen LogP contribution in [0.15, 0.2) is 60.7 Å². The lowest BCUT2D eigenvalue weighted by Gasteiger charge is -2.32. The van der Waals surface area contributed by atoms with E-state index < -0.39 is 36.6 Å². The van der Waals surface area contributed by atoms with Crippen LogP contribution in [-0.4, -0.2) is 47.8 Å². The van der Waals surface area contributed by atoms with Crippen molar-refractivity contribution in [2.24, 2.45) is 0 Å². The fourth-order valence-electron chi connectivity index (χ4n) is 6.35. The second-order valence-corrected chi connectivity index (χ2v) is 15.2. The fourth-order valence-corrected chi connectivity index (χ4v) is 6.35. The molecule has 2 aliphatic rings. The summed E-state index contributed by atoms with van der Waals surface area (Å²) in [4.78, 5) is 0. The van der Waals surface area contributed by atoms with Crippen molar-refractivity contribution in [3.8, 4) is 11.4 Å². The molecule has 244 valence electrons. The molecule has 0 radical (unpaired) electrons. The van der Waals surface area contributed by atoms with Crippen molar-refractivity contribution < 1.29 is 23.4 Å². The van der Waals surface area contributed by atoms with Gasteiger partial charge in [0.25, 0.3) is 0 Å². The minimum atomic E-state index is -0.442. The van der Waals surface area contributed by atoms with E-state index in [0.717, 1.165) is 57.2 Å². The monoisotopic (exact) mass is 623 g/mol. The zero-order chi connectivity index (χ0) is 32.9. The lowest BCUT2D eigenvalue weighted by atomic mass is 9.77. The van der Waals surface area contributed by atoms with Crippen molar-refractivity contribution >= 4 is 47.0 Å². The summed E-state index contributed by atoms with van der Waals surface area (Å²) in [6.45, 7) is 19.7. The lowest BCUT2D eigenvalue weighted by Crippen LogP contribution is -2.41. The van der Waals surface area contributed by atoms with Gasteiger partial charge in [0, 0.05) is 16.5 Å². The number of unbranched alkanes of at least 4 members (excludes halogenated alkanes) is 5. The highest BCUT2D eigenvalue weighted by Crippen LogP contribution is 2.39. The molecule has 0 unspecified atom stereocenters. The molecule has 0 atom stereocenters. The van der Waals surface area contributed by atoms with Crippen molar-refractivity contribution in [1.29, 1.82) is 0 Å². The Morgan fingerprint density at radius 1 is 0.565 bits per heavy atom. The van der Waals surface area contributed by atoms with Crippen LogP contribution in [0.2, 0.25) is 0 Å². The standard InChI is InChI=1S/C38H51B2NO5/c1-10-11-12-13-14-15-24-42-30-20-18-29(19-21-30)41-33-22-16-27(39-43-35(2,3)36(4,5)44-39)25-31(33)32-26-28(17-23-34(32)41)40-45-37(6,7)38(8,9)46-40/h16-23,25-26H,10-15,24H2,1-9H3. The van der Waals surface area contributed by atoms with Crippen LogP contribution in [0.5, 0.6) is 5.75 Å². The third-order valence-electron chi connectivity index (χ3n) is 10.7. The molecule has 4 aromatic rings. The Balaban J connectivity index is 1.35. The maximum absolute atomic E-state index is 6.45. The molecule has 3 aromatic carbocycles. The second-order valence-electron chi connectivity index (χ2n) is 15.2. The molecule has 8 heteroatoms.